The van der Waals surface area contributed by atoms with Crippen LogP contribution < -0.4 is 0 Å². The maximum absolute atomic E-state index is 14.6. The third-order valence-electron chi connectivity index (χ3n) is 7.87. The smallest absolute Gasteiger partial charge is 0.185 e. The zero-order valence-corrected chi connectivity index (χ0v) is 19.4. The highest BCUT2D eigenvalue weighted by molar-refractivity contribution is 6.23. The fourth-order valence-corrected chi connectivity index (χ4v) is 6.17. The number of aliphatic hydroxyl groups excluding tert-OH is 2. The first-order chi connectivity index (χ1) is 17.4. The molecule has 0 bridgehead atoms. The summed E-state index contributed by atoms with van der Waals surface area (Å²) in [5.74, 6) is -12.7. The molecule has 0 saturated heterocycles. The summed E-state index contributed by atoms with van der Waals surface area (Å²) in [5.41, 5.74) is -3.05. The van der Waals surface area contributed by atoms with E-state index in [2.05, 4.69) is 0 Å². The molecule has 37 heavy (non-hydrogen) atoms. The van der Waals surface area contributed by atoms with Gasteiger partial charge in [-0.3, -0.25) is 19.2 Å². The zero-order chi connectivity index (χ0) is 27.0. The summed E-state index contributed by atoms with van der Waals surface area (Å²) in [5, 5.41) is 44.8. The number of phenols is 1. The van der Waals surface area contributed by atoms with Crippen LogP contribution in [0.25, 0.3) is 11.6 Å². The molecule has 3 unspecified atom stereocenters. The van der Waals surface area contributed by atoms with E-state index in [4.69, 9.17) is 0 Å². The summed E-state index contributed by atoms with van der Waals surface area (Å²) >= 11 is 0. The lowest BCUT2D eigenvalue weighted by atomic mass is 9.50. The number of aromatic hydroxyl groups is 1. The highest BCUT2D eigenvalue weighted by Crippen LogP contribution is 2.55. The van der Waals surface area contributed by atoms with Crippen molar-refractivity contribution in [3.05, 3.63) is 64.7 Å². The van der Waals surface area contributed by atoms with Crippen LogP contribution in [0.5, 0.6) is 5.75 Å². The third-order valence-corrected chi connectivity index (χ3v) is 7.87. The number of ketones is 4. The maximum atomic E-state index is 14.6. The quantitative estimate of drug-likeness (QED) is 0.442. The van der Waals surface area contributed by atoms with Gasteiger partial charge in [-0.15, -0.1) is 0 Å². The Kier molecular flexibility index (Phi) is 5.74. The van der Waals surface area contributed by atoms with E-state index in [9.17, 15) is 48.4 Å². The number of Topliss-reactive ketones (excluding diaryl/α,β-unsaturated/α-hetero) is 4. The van der Waals surface area contributed by atoms with Gasteiger partial charge in [0.1, 0.15) is 35.2 Å². The fourth-order valence-electron chi connectivity index (χ4n) is 6.17. The average molecular weight is 512 g/mol. The Balaban J connectivity index is 1.75. The normalized spacial score (nSPS) is 34.1. The lowest BCUT2D eigenvalue weighted by Gasteiger charge is -2.55. The van der Waals surface area contributed by atoms with E-state index >= 15 is 0 Å². The number of rotatable bonds is 2. The van der Waals surface area contributed by atoms with E-state index in [1.54, 1.807) is 0 Å². The molecule has 2 fully saturated rings. The molecule has 0 aromatic heterocycles. The predicted molar refractivity (Wildman–Crippen MR) is 123 cm³/mol. The first-order valence-electron chi connectivity index (χ1n) is 11.6. The molecule has 0 spiro atoms. The summed E-state index contributed by atoms with van der Waals surface area (Å²) in [6, 6.07) is 6.79. The van der Waals surface area contributed by atoms with Crippen LogP contribution in [0.3, 0.4) is 0 Å². The molecule has 0 heterocycles. The Morgan fingerprint density at radius 1 is 1.08 bits per heavy atom. The molecule has 3 aliphatic carbocycles. The van der Waals surface area contributed by atoms with Crippen molar-refractivity contribution in [1.29, 1.82) is 0 Å². The minimum atomic E-state index is -2.81. The van der Waals surface area contributed by atoms with E-state index in [0.29, 0.717) is 6.07 Å². The first-order valence-corrected chi connectivity index (χ1v) is 11.6. The van der Waals surface area contributed by atoms with Crippen molar-refractivity contribution in [3.63, 3.8) is 0 Å². The topological polar surface area (TPSA) is 149 Å². The van der Waals surface area contributed by atoms with Crippen molar-refractivity contribution in [2.45, 2.75) is 31.2 Å². The van der Waals surface area contributed by atoms with Crippen LogP contribution >= 0.6 is 0 Å². The largest absolute Gasteiger partial charge is 0.507 e. The summed E-state index contributed by atoms with van der Waals surface area (Å²) in [7, 11) is 0. The SMILES string of the molecule is CC(=O)C1C(=O)C[C@@H]2[C@@H](O)[C@@H]3C(=Cc4ccc(F)cc4F)c4cccc(O)c4C(=O)C3C(O)[C@]2(O)C1=O. The van der Waals surface area contributed by atoms with Crippen molar-refractivity contribution >= 4 is 34.8 Å². The van der Waals surface area contributed by atoms with Gasteiger partial charge in [0.05, 0.1) is 17.6 Å². The van der Waals surface area contributed by atoms with E-state index in [1.165, 1.54) is 24.3 Å². The summed E-state index contributed by atoms with van der Waals surface area (Å²) in [4.78, 5) is 51.5. The summed E-state index contributed by atoms with van der Waals surface area (Å²) in [6.45, 7) is 0.983. The third kappa shape index (κ3) is 3.43. The van der Waals surface area contributed by atoms with Crippen LogP contribution in [-0.2, 0) is 14.4 Å². The van der Waals surface area contributed by atoms with Crippen LogP contribution in [0, 0.1) is 35.3 Å². The Hall–Kier alpha value is -3.60. The lowest BCUT2D eigenvalue weighted by molar-refractivity contribution is -0.211. The van der Waals surface area contributed by atoms with Crippen LogP contribution in [0.2, 0.25) is 0 Å². The Morgan fingerprint density at radius 2 is 1.78 bits per heavy atom. The second-order valence-electron chi connectivity index (χ2n) is 9.83. The van der Waals surface area contributed by atoms with Gasteiger partial charge in [0.15, 0.2) is 23.0 Å². The van der Waals surface area contributed by atoms with Gasteiger partial charge >= 0.3 is 0 Å². The lowest BCUT2D eigenvalue weighted by Crippen LogP contribution is -2.73. The summed E-state index contributed by atoms with van der Waals surface area (Å²) < 4.78 is 28.1. The number of halogens is 2. The molecular formula is C27H22F2O8. The Labute approximate surface area is 208 Å². The second kappa shape index (κ2) is 8.47. The van der Waals surface area contributed by atoms with Crippen LogP contribution in [-0.4, -0.2) is 61.4 Å². The molecule has 5 rings (SSSR count). The van der Waals surface area contributed by atoms with Gasteiger partial charge in [-0.2, -0.15) is 0 Å². The van der Waals surface area contributed by atoms with Crippen molar-refractivity contribution in [1.82, 2.24) is 0 Å². The zero-order valence-electron chi connectivity index (χ0n) is 19.4. The molecule has 10 heteroatoms. The van der Waals surface area contributed by atoms with Gasteiger partial charge in [0.25, 0.3) is 0 Å². The van der Waals surface area contributed by atoms with Crippen LogP contribution in [0.15, 0.2) is 36.4 Å². The standard InChI is InChI=1S/C27H22F2O8/c1-10(30)19-18(32)9-15-23(33)21-14(7-11-5-6-12(28)8-16(11)29)13-3-2-4-17(31)20(13)24(34)22(21)26(36)27(15,37)25(19)35/h2-8,15,19,21-23,26,31,33,36-37H,9H2,1H3/t15-,19?,21-,22?,23-,26?,27-/m1/s1. The highest BCUT2D eigenvalue weighted by Gasteiger charge is 2.69. The molecule has 0 aliphatic heterocycles. The van der Waals surface area contributed by atoms with Crippen LogP contribution in [0.1, 0.15) is 34.8 Å². The minimum Gasteiger partial charge on any atom is -0.507 e. The van der Waals surface area contributed by atoms with E-state index in [-0.39, 0.29) is 22.3 Å². The van der Waals surface area contributed by atoms with Gasteiger partial charge in [-0.25, -0.2) is 8.78 Å². The molecule has 8 nitrogen and oxygen atoms in total. The molecule has 192 valence electrons. The minimum absolute atomic E-state index is 0.0724. The number of aliphatic hydroxyl groups is 3. The molecule has 7 atom stereocenters. The van der Waals surface area contributed by atoms with E-state index in [1.807, 2.05) is 0 Å². The van der Waals surface area contributed by atoms with Crippen molar-refractivity contribution in [2.24, 2.45) is 23.7 Å². The number of hydrogen-bond donors (Lipinski definition) is 4. The van der Waals surface area contributed by atoms with E-state index < -0.39 is 88.4 Å². The second-order valence-corrected chi connectivity index (χ2v) is 9.83. The van der Waals surface area contributed by atoms with Gasteiger partial charge in [0.2, 0.25) is 0 Å². The fraction of sp³-hybridized carbons (Fsp3) is 0.333. The number of hydrogen-bond acceptors (Lipinski definition) is 8. The summed E-state index contributed by atoms with van der Waals surface area (Å²) in [6.07, 6.45) is -3.35. The van der Waals surface area contributed by atoms with Gasteiger partial charge in [0, 0.05) is 29.9 Å². The van der Waals surface area contributed by atoms with Crippen molar-refractivity contribution in [2.75, 3.05) is 0 Å². The van der Waals surface area contributed by atoms with E-state index in [0.717, 1.165) is 19.1 Å². The Morgan fingerprint density at radius 3 is 2.43 bits per heavy atom. The Bertz CT molecular complexity index is 1420. The monoisotopic (exact) mass is 512 g/mol. The van der Waals surface area contributed by atoms with Gasteiger partial charge < -0.3 is 20.4 Å². The first kappa shape index (κ1) is 25.1. The molecule has 2 saturated carbocycles. The number of carbonyl (C=O) groups excluding carboxylic acids is 4. The number of fused-ring (bicyclic) bond motifs is 3. The number of carbonyl (C=O) groups is 4. The van der Waals surface area contributed by atoms with Crippen molar-refractivity contribution < 1.29 is 48.4 Å². The molecule has 2 aromatic carbocycles. The average Bonchev–Trinajstić information content (AvgIpc) is 2.82. The number of phenolic OH excluding ortho intramolecular Hbond substituents is 1. The van der Waals surface area contributed by atoms with Crippen molar-refractivity contribution in [3.8, 4) is 5.75 Å². The van der Waals surface area contributed by atoms with Gasteiger partial charge in [-0.1, -0.05) is 12.1 Å². The predicted octanol–water partition coefficient (Wildman–Crippen LogP) is 1.47. The molecule has 4 N–H and O–H groups in total. The highest BCUT2D eigenvalue weighted by atomic mass is 19.1. The maximum Gasteiger partial charge on any atom is 0.185 e. The van der Waals surface area contributed by atoms with Crippen LogP contribution in [0.4, 0.5) is 8.78 Å². The molecule has 0 amide bonds. The molecular weight excluding hydrogens is 490 g/mol. The molecule has 3 aliphatic rings. The van der Waals surface area contributed by atoms with Gasteiger partial charge in [-0.05, 0) is 42.3 Å². The molecule has 0 radical (unpaired) electrons. The number of benzene rings is 2. The molecule has 2 aromatic rings.